The summed E-state index contributed by atoms with van der Waals surface area (Å²) in [5, 5.41) is 0. The van der Waals surface area contributed by atoms with Gasteiger partial charge < -0.3 is 19.6 Å². The minimum absolute atomic E-state index is 0.277. The molecule has 8 nitrogen and oxygen atoms in total. The lowest BCUT2D eigenvalue weighted by Gasteiger charge is -2.08. The number of rotatable bonds is 4. The van der Waals surface area contributed by atoms with Crippen molar-refractivity contribution in [1.82, 2.24) is 8.75 Å². The number of benzene rings is 1. The van der Waals surface area contributed by atoms with Gasteiger partial charge in [0.25, 0.3) is 0 Å². The molecule has 0 spiro atoms. The Hall–Kier alpha value is -0.660. The van der Waals surface area contributed by atoms with E-state index in [-0.39, 0.29) is 11.0 Å². The maximum absolute atomic E-state index is 11.0. The van der Waals surface area contributed by atoms with Crippen molar-refractivity contribution in [2.45, 2.75) is 12.3 Å². The zero-order chi connectivity index (χ0) is 14.3. The molecule has 0 aliphatic rings. The second kappa shape index (κ2) is 5.03. The van der Waals surface area contributed by atoms with Crippen molar-refractivity contribution in [1.29, 1.82) is 0 Å². The number of aromatic nitrogens is 2. The highest BCUT2D eigenvalue weighted by atomic mass is 32.1. The van der Waals surface area contributed by atoms with E-state index < -0.39 is 27.5 Å². The Morgan fingerprint density at radius 2 is 1.26 bits per heavy atom. The third-order valence-corrected chi connectivity index (χ3v) is 4.37. The number of nitrogens with zero attached hydrogens (tertiary/aromatic N) is 2. The summed E-state index contributed by atoms with van der Waals surface area (Å²) in [6, 6.07) is 2.82. The average molecular weight is 324 g/mol. The Morgan fingerprint density at radius 3 is 1.58 bits per heavy atom. The smallest absolute Gasteiger partial charge is 0.324 e. The van der Waals surface area contributed by atoms with E-state index in [9.17, 15) is 9.13 Å². The molecule has 0 aliphatic heterocycles. The number of fused-ring (bicyclic) bond motifs is 1. The van der Waals surface area contributed by atoms with Crippen LogP contribution in [0.3, 0.4) is 0 Å². The number of hydrogen-bond acceptors (Lipinski definition) is 5. The summed E-state index contributed by atoms with van der Waals surface area (Å²) in [5.41, 5.74) is 1.18. The Balaban J connectivity index is 2.50. The second-order valence-electron chi connectivity index (χ2n) is 3.99. The monoisotopic (exact) mass is 324 g/mol. The van der Waals surface area contributed by atoms with E-state index in [1.807, 2.05) is 0 Å². The van der Waals surface area contributed by atoms with E-state index in [0.717, 1.165) is 11.7 Å². The van der Waals surface area contributed by atoms with Crippen LogP contribution in [-0.4, -0.2) is 28.3 Å². The topological polar surface area (TPSA) is 141 Å². The lowest BCUT2D eigenvalue weighted by molar-refractivity contribution is 0.369. The second-order valence-corrected chi connectivity index (χ2v) is 7.81. The Labute approximate surface area is 111 Å². The van der Waals surface area contributed by atoms with E-state index in [2.05, 4.69) is 8.75 Å². The zero-order valence-electron chi connectivity index (χ0n) is 9.37. The molecule has 0 bridgehead atoms. The van der Waals surface area contributed by atoms with Crippen LogP contribution < -0.4 is 0 Å². The molecule has 0 unspecified atom stereocenters. The van der Waals surface area contributed by atoms with E-state index in [1.54, 1.807) is 0 Å². The van der Waals surface area contributed by atoms with Crippen molar-refractivity contribution in [3.05, 3.63) is 23.3 Å². The van der Waals surface area contributed by atoms with Crippen LogP contribution in [0.1, 0.15) is 11.1 Å². The third kappa shape index (κ3) is 3.90. The van der Waals surface area contributed by atoms with Gasteiger partial charge in [0.15, 0.2) is 0 Å². The van der Waals surface area contributed by atoms with Gasteiger partial charge in [0.05, 0.1) is 24.1 Å². The van der Waals surface area contributed by atoms with E-state index >= 15 is 0 Å². The first-order valence-corrected chi connectivity index (χ1v) is 9.30. The molecule has 1 heterocycles. The Bertz CT molecular complexity index is 646. The van der Waals surface area contributed by atoms with E-state index in [4.69, 9.17) is 19.6 Å². The van der Waals surface area contributed by atoms with Crippen LogP contribution in [0.5, 0.6) is 0 Å². The normalized spacial score (nSPS) is 13.1. The first kappa shape index (κ1) is 14.7. The van der Waals surface area contributed by atoms with Crippen molar-refractivity contribution in [3.63, 3.8) is 0 Å². The SMILES string of the molecule is O=P(O)(O)Cc1ccc(CP(=O)(O)O)c2nsnc12. The molecule has 2 rings (SSSR count). The largest absolute Gasteiger partial charge is 0.329 e. The summed E-state index contributed by atoms with van der Waals surface area (Å²) in [6.45, 7) is 0. The van der Waals surface area contributed by atoms with Crippen molar-refractivity contribution < 1.29 is 28.7 Å². The molecule has 19 heavy (non-hydrogen) atoms. The maximum atomic E-state index is 11.0. The van der Waals surface area contributed by atoms with Gasteiger partial charge in [-0.3, -0.25) is 9.13 Å². The molecule has 0 amide bonds. The van der Waals surface area contributed by atoms with Crippen molar-refractivity contribution in [2.75, 3.05) is 0 Å². The fraction of sp³-hybridized carbons (Fsp3) is 0.250. The summed E-state index contributed by atoms with van der Waals surface area (Å²) < 4.78 is 29.9. The minimum Gasteiger partial charge on any atom is -0.324 e. The summed E-state index contributed by atoms with van der Waals surface area (Å²) >= 11 is 0.827. The number of hydrogen-bond donors (Lipinski definition) is 4. The highest BCUT2D eigenvalue weighted by Crippen LogP contribution is 2.43. The summed E-state index contributed by atoms with van der Waals surface area (Å²) in [4.78, 5) is 35.9. The summed E-state index contributed by atoms with van der Waals surface area (Å²) in [5.74, 6) is 0. The molecule has 4 N–H and O–H groups in total. The van der Waals surface area contributed by atoms with Crippen LogP contribution >= 0.6 is 26.9 Å². The first-order valence-electron chi connectivity index (χ1n) is 4.98. The van der Waals surface area contributed by atoms with Crippen molar-refractivity contribution in [3.8, 4) is 0 Å². The lowest BCUT2D eigenvalue weighted by atomic mass is 10.1. The molecule has 0 aliphatic carbocycles. The molecular formula is C8H10N2O6P2S. The lowest BCUT2D eigenvalue weighted by Crippen LogP contribution is -1.94. The molecule has 0 saturated heterocycles. The van der Waals surface area contributed by atoms with E-state index in [1.165, 1.54) is 12.1 Å². The van der Waals surface area contributed by atoms with Gasteiger partial charge in [0.2, 0.25) is 0 Å². The van der Waals surface area contributed by atoms with Gasteiger partial charge in [0, 0.05) is 0 Å². The highest BCUT2D eigenvalue weighted by molar-refractivity contribution is 7.51. The standard InChI is InChI=1S/C8H10N2O6P2S/c11-17(12,13)3-5-1-2-6(4-18(14,15)16)8-7(5)9-19-10-8/h1-2H,3-4H2,(H2,11,12,13)(H2,14,15,16). The van der Waals surface area contributed by atoms with Gasteiger partial charge in [-0.05, 0) is 11.1 Å². The Morgan fingerprint density at radius 1 is 0.895 bits per heavy atom. The first-order chi connectivity index (χ1) is 8.66. The van der Waals surface area contributed by atoms with Crippen molar-refractivity contribution >= 4 is 38.0 Å². The third-order valence-electron chi connectivity index (χ3n) is 2.34. The molecule has 1 aromatic carbocycles. The highest BCUT2D eigenvalue weighted by Gasteiger charge is 2.22. The fourth-order valence-corrected chi connectivity index (χ4v) is 3.68. The predicted molar refractivity (Wildman–Crippen MR) is 68.9 cm³/mol. The van der Waals surface area contributed by atoms with Gasteiger partial charge in [0.1, 0.15) is 11.0 Å². The van der Waals surface area contributed by atoms with Crippen LogP contribution in [0.4, 0.5) is 0 Å². The van der Waals surface area contributed by atoms with Gasteiger partial charge in [-0.2, -0.15) is 8.75 Å². The summed E-state index contributed by atoms with van der Waals surface area (Å²) in [6.07, 6.45) is -0.962. The summed E-state index contributed by atoms with van der Waals surface area (Å²) in [7, 11) is -8.48. The Kier molecular flexibility index (Phi) is 3.90. The van der Waals surface area contributed by atoms with Gasteiger partial charge in [-0.15, -0.1) is 0 Å². The minimum atomic E-state index is -4.24. The van der Waals surface area contributed by atoms with Gasteiger partial charge >= 0.3 is 15.2 Å². The maximum Gasteiger partial charge on any atom is 0.329 e. The predicted octanol–water partition coefficient (Wildman–Crippen LogP) is 1.05. The van der Waals surface area contributed by atoms with Crippen LogP contribution in [0, 0.1) is 0 Å². The molecule has 0 saturated carbocycles. The molecule has 0 atom stereocenters. The van der Waals surface area contributed by atoms with Gasteiger partial charge in [-0.25, -0.2) is 0 Å². The van der Waals surface area contributed by atoms with Crippen LogP contribution in [0.15, 0.2) is 12.1 Å². The molecule has 0 radical (unpaired) electrons. The van der Waals surface area contributed by atoms with Crippen molar-refractivity contribution in [2.24, 2.45) is 0 Å². The molecule has 104 valence electrons. The molecular weight excluding hydrogens is 314 g/mol. The van der Waals surface area contributed by atoms with E-state index in [0.29, 0.717) is 11.1 Å². The fourth-order valence-electron chi connectivity index (χ4n) is 1.67. The van der Waals surface area contributed by atoms with Crippen LogP contribution in [0.2, 0.25) is 0 Å². The average Bonchev–Trinajstić information content (AvgIpc) is 2.66. The molecule has 0 fully saturated rings. The van der Waals surface area contributed by atoms with Crippen LogP contribution in [-0.2, 0) is 21.5 Å². The molecule has 11 heteroatoms. The van der Waals surface area contributed by atoms with Gasteiger partial charge in [-0.1, -0.05) is 12.1 Å². The molecule has 1 aromatic heterocycles. The molecule has 2 aromatic rings. The zero-order valence-corrected chi connectivity index (χ0v) is 12.0. The quantitative estimate of drug-likeness (QED) is 0.611. The van der Waals surface area contributed by atoms with Crippen LogP contribution in [0.25, 0.3) is 11.0 Å².